The van der Waals surface area contributed by atoms with Crippen molar-refractivity contribution in [3.63, 3.8) is 0 Å². The highest BCUT2D eigenvalue weighted by atomic mass is 15.1. The van der Waals surface area contributed by atoms with Crippen LogP contribution < -0.4 is 10.2 Å². The molecule has 0 amide bonds. The highest BCUT2D eigenvalue weighted by molar-refractivity contribution is 5.48. The van der Waals surface area contributed by atoms with Crippen molar-refractivity contribution < 1.29 is 0 Å². The molecule has 0 aliphatic carbocycles. The van der Waals surface area contributed by atoms with Crippen molar-refractivity contribution >= 4 is 5.69 Å². The Labute approximate surface area is 130 Å². The first-order valence-electron chi connectivity index (χ1n) is 8.82. The van der Waals surface area contributed by atoms with E-state index in [9.17, 15) is 0 Å². The summed E-state index contributed by atoms with van der Waals surface area (Å²) >= 11 is 0. The molecule has 1 fully saturated rings. The zero-order chi connectivity index (χ0) is 15.1. The topological polar surface area (TPSA) is 15.3 Å². The maximum Gasteiger partial charge on any atom is 0.0366 e. The van der Waals surface area contributed by atoms with Gasteiger partial charge in [-0.1, -0.05) is 32.4 Å². The average Bonchev–Trinajstić information content (AvgIpc) is 2.78. The molecule has 1 saturated heterocycles. The van der Waals surface area contributed by atoms with Gasteiger partial charge < -0.3 is 10.2 Å². The number of benzene rings is 1. The molecule has 1 heterocycles. The van der Waals surface area contributed by atoms with E-state index in [1.165, 1.54) is 56.4 Å². The van der Waals surface area contributed by atoms with Gasteiger partial charge in [0.15, 0.2) is 0 Å². The molecule has 1 aromatic carbocycles. The Bertz CT molecular complexity index is 399. The Morgan fingerprint density at radius 3 is 2.57 bits per heavy atom. The molecule has 2 nitrogen and oxygen atoms in total. The lowest BCUT2D eigenvalue weighted by atomic mass is 9.98. The zero-order valence-electron chi connectivity index (χ0n) is 14.1. The SMILES string of the molecule is CCCNC(C)c1ccc(N2CCCC(CC)CC2)cc1. The van der Waals surface area contributed by atoms with E-state index in [0.29, 0.717) is 6.04 Å². The zero-order valence-corrected chi connectivity index (χ0v) is 14.1. The first-order chi connectivity index (χ1) is 10.2. The normalized spacial score (nSPS) is 21.1. The lowest BCUT2D eigenvalue weighted by Gasteiger charge is -2.24. The summed E-state index contributed by atoms with van der Waals surface area (Å²) in [5.41, 5.74) is 2.80. The van der Waals surface area contributed by atoms with E-state index in [1.54, 1.807) is 0 Å². The third kappa shape index (κ3) is 4.74. The Morgan fingerprint density at radius 2 is 1.90 bits per heavy atom. The van der Waals surface area contributed by atoms with E-state index < -0.39 is 0 Å². The number of hydrogen-bond donors (Lipinski definition) is 1. The molecule has 2 rings (SSSR count). The highest BCUT2D eigenvalue weighted by Crippen LogP contribution is 2.25. The van der Waals surface area contributed by atoms with Gasteiger partial charge in [-0.25, -0.2) is 0 Å². The Hall–Kier alpha value is -1.02. The van der Waals surface area contributed by atoms with E-state index in [4.69, 9.17) is 0 Å². The summed E-state index contributed by atoms with van der Waals surface area (Å²) in [6.07, 6.45) is 6.63. The molecule has 0 saturated carbocycles. The van der Waals surface area contributed by atoms with Crippen LogP contribution in [0.3, 0.4) is 0 Å². The van der Waals surface area contributed by atoms with Crippen molar-refractivity contribution in [2.75, 3.05) is 24.5 Å². The third-order valence-electron chi connectivity index (χ3n) is 4.88. The molecule has 0 radical (unpaired) electrons. The Balaban J connectivity index is 1.95. The van der Waals surface area contributed by atoms with Crippen LogP contribution >= 0.6 is 0 Å². The smallest absolute Gasteiger partial charge is 0.0366 e. The van der Waals surface area contributed by atoms with E-state index in [1.807, 2.05) is 0 Å². The van der Waals surface area contributed by atoms with Crippen LogP contribution in [0.5, 0.6) is 0 Å². The molecule has 0 bridgehead atoms. The van der Waals surface area contributed by atoms with E-state index >= 15 is 0 Å². The standard InChI is InChI=1S/C19H32N2/c1-4-13-20-16(3)18-8-10-19(11-9-18)21-14-6-7-17(5-2)12-15-21/h8-11,16-17,20H,4-7,12-15H2,1-3H3. The van der Waals surface area contributed by atoms with Crippen LogP contribution in [0.15, 0.2) is 24.3 Å². The fourth-order valence-corrected chi connectivity index (χ4v) is 3.28. The summed E-state index contributed by atoms with van der Waals surface area (Å²) in [7, 11) is 0. The van der Waals surface area contributed by atoms with Gasteiger partial charge >= 0.3 is 0 Å². The van der Waals surface area contributed by atoms with Gasteiger partial charge in [0.1, 0.15) is 0 Å². The van der Waals surface area contributed by atoms with Crippen molar-refractivity contribution in [3.05, 3.63) is 29.8 Å². The molecule has 1 aliphatic rings. The predicted molar refractivity (Wildman–Crippen MR) is 93.0 cm³/mol. The van der Waals surface area contributed by atoms with Gasteiger partial charge in [-0.15, -0.1) is 0 Å². The van der Waals surface area contributed by atoms with Crippen LogP contribution in [-0.4, -0.2) is 19.6 Å². The summed E-state index contributed by atoms with van der Waals surface area (Å²) < 4.78 is 0. The van der Waals surface area contributed by atoms with Crippen LogP contribution in [0, 0.1) is 5.92 Å². The van der Waals surface area contributed by atoms with Gasteiger partial charge in [-0.05, 0) is 62.8 Å². The van der Waals surface area contributed by atoms with E-state index in [2.05, 4.69) is 55.3 Å². The van der Waals surface area contributed by atoms with Gasteiger partial charge in [0.05, 0.1) is 0 Å². The van der Waals surface area contributed by atoms with Crippen molar-refractivity contribution in [2.45, 2.75) is 58.9 Å². The number of rotatable bonds is 6. The number of anilines is 1. The molecule has 0 aromatic heterocycles. The summed E-state index contributed by atoms with van der Waals surface area (Å²) in [5, 5.41) is 3.56. The van der Waals surface area contributed by atoms with E-state index in [0.717, 1.165) is 12.5 Å². The van der Waals surface area contributed by atoms with Crippen LogP contribution in [-0.2, 0) is 0 Å². The molecule has 2 atom stereocenters. The van der Waals surface area contributed by atoms with Gasteiger partial charge in [0.2, 0.25) is 0 Å². The molecule has 1 aromatic rings. The predicted octanol–water partition coefficient (Wildman–Crippen LogP) is 4.76. The number of nitrogens with zero attached hydrogens (tertiary/aromatic N) is 1. The van der Waals surface area contributed by atoms with Crippen molar-refractivity contribution in [2.24, 2.45) is 5.92 Å². The quantitative estimate of drug-likeness (QED) is 0.811. The molecule has 21 heavy (non-hydrogen) atoms. The lowest BCUT2D eigenvalue weighted by Crippen LogP contribution is -2.24. The fraction of sp³-hybridized carbons (Fsp3) is 0.684. The Morgan fingerprint density at radius 1 is 1.14 bits per heavy atom. The average molecular weight is 288 g/mol. The summed E-state index contributed by atoms with van der Waals surface area (Å²) in [6, 6.07) is 9.67. The number of nitrogens with one attached hydrogen (secondary N) is 1. The van der Waals surface area contributed by atoms with Crippen LogP contribution in [0.2, 0.25) is 0 Å². The minimum absolute atomic E-state index is 0.451. The third-order valence-corrected chi connectivity index (χ3v) is 4.88. The fourth-order valence-electron chi connectivity index (χ4n) is 3.28. The maximum atomic E-state index is 3.56. The Kier molecular flexibility index (Phi) is 6.56. The molecule has 1 aliphatic heterocycles. The monoisotopic (exact) mass is 288 g/mol. The second-order valence-corrected chi connectivity index (χ2v) is 6.46. The first kappa shape index (κ1) is 16.4. The summed E-state index contributed by atoms with van der Waals surface area (Å²) in [4.78, 5) is 2.57. The molecular weight excluding hydrogens is 256 g/mol. The second kappa shape index (κ2) is 8.43. The minimum Gasteiger partial charge on any atom is -0.372 e. The highest BCUT2D eigenvalue weighted by Gasteiger charge is 2.16. The van der Waals surface area contributed by atoms with Crippen molar-refractivity contribution in [1.82, 2.24) is 5.32 Å². The van der Waals surface area contributed by atoms with Crippen LogP contribution in [0.4, 0.5) is 5.69 Å². The summed E-state index contributed by atoms with van der Waals surface area (Å²) in [5.74, 6) is 0.938. The molecular formula is C19H32N2. The maximum absolute atomic E-state index is 3.56. The lowest BCUT2D eigenvalue weighted by molar-refractivity contribution is 0.459. The summed E-state index contributed by atoms with van der Waals surface area (Å²) in [6.45, 7) is 10.3. The van der Waals surface area contributed by atoms with Gasteiger partial charge in [-0.3, -0.25) is 0 Å². The van der Waals surface area contributed by atoms with Gasteiger partial charge in [-0.2, -0.15) is 0 Å². The molecule has 2 unspecified atom stereocenters. The van der Waals surface area contributed by atoms with E-state index in [-0.39, 0.29) is 0 Å². The first-order valence-corrected chi connectivity index (χ1v) is 8.82. The van der Waals surface area contributed by atoms with Crippen molar-refractivity contribution in [1.29, 1.82) is 0 Å². The van der Waals surface area contributed by atoms with Gasteiger partial charge in [0.25, 0.3) is 0 Å². The molecule has 2 heteroatoms. The second-order valence-electron chi connectivity index (χ2n) is 6.46. The molecule has 118 valence electrons. The van der Waals surface area contributed by atoms with Crippen molar-refractivity contribution in [3.8, 4) is 0 Å². The number of hydrogen-bond acceptors (Lipinski definition) is 2. The minimum atomic E-state index is 0.451. The molecule has 0 spiro atoms. The largest absolute Gasteiger partial charge is 0.372 e. The van der Waals surface area contributed by atoms with Crippen LogP contribution in [0.1, 0.15) is 64.5 Å². The molecule has 1 N–H and O–H groups in total. The van der Waals surface area contributed by atoms with Gasteiger partial charge in [0, 0.05) is 24.8 Å². The van der Waals surface area contributed by atoms with Crippen LogP contribution in [0.25, 0.3) is 0 Å².